The molecule has 1 unspecified atom stereocenters. The van der Waals surface area contributed by atoms with E-state index in [1.165, 1.54) is 12.8 Å². The molecule has 4 nitrogen and oxygen atoms in total. The summed E-state index contributed by atoms with van der Waals surface area (Å²) in [4.78, 5) is 15.0. The van der Waals surface area contributed by atoms with Crippen molar-refractivity contribution in [2.24, 2.45) is 5.41 Å². The van der Waals surface area contributed by atoms with E-state index in [1.54, 1.807) is 0 Å². The van der Waals surface area contributed by atoms with Crippen molar-refractivity contribution in [2.75, 3.05) is 13.1 Å². The number of rotatable bonds is 2. The van der Waals surface area contributed by atoms with E-state index in [-0.39, 0.29) is 11.0 Å². The largest absolute Gasteiger partial charge is 0.342 e. The Hall–Kier alpha value is -1.55. The first kappa shape index (κ1) is 12.5. The molecule has 0 radical (unpaired) electrons. The van der Waals surface area contributed by atoms with Gasteiger partial charge in [-0.1, -0.05) is 6.92 Å². The number of aromatic amines is 1. The maximum Gasteiger partial charge on any atom is 0.272 e. The SMILES string of the molecule is Cc1cc2ccn(CC3(C)CCCNC3)c2c(=O)[nH]1. The van der Waals surface area contributed by atoms with Crippen LogP contribution in [-0.2, 0) is 6.54 Å². The van der Waals surface area contributed by atoms with Crippen molar-refractivity contribution in [3.8, 4) is 0 Å². The Bertz CT molecular complexity index is 647. The molecule has 1 fully saturated rings. The summed E-state index contributed by atoms with van der Waals surface area (Å²) in [5, 5.41) is 4.50. The van der Waals surface area contributed by atoms with Crippen LogP contribution in [-0.4, -0.2) is 22.6 Å². The number of piperidine rings is 1. The molecule has 3 rings (SSSR count). The lowest BCUT2D eigenvalue weighted by Gasteiger charge is -2.34. The van der Waals surface area contributed by atoms with Gasteiger partial charge >= 0.3 is 0 Å². The van der Waals surface area contributed by atoms with Gasteiger partial charge in [0.1, 0.15) is 5.52 Å². The minimum atomic E-state index is 0.0207. The number of aryl methyl sites for hydroxylation is 1. The number of fused-ring (bicyclic) bond motifs is 1. The topological polar surface area (TPSA) is 49.8 Å². The first-order valence-corrected chi connectivity index (χ1v) is 6.97. The average Bonchev–Trinajstić information content (AvgIpc) is 2.72. The number of nitrogens with zero attached hydrogens (tertiary/aromatic N) is 1. The summed E-state index contributed by atoms with van der Waals surface area (Å²) in [5.41, 5.74) is 1.98. The van der Waals surface area contributed by atoms with Gasteiger partial charge in [0.25, 0.3) is 5.56 Å². The molecule has 0 spiro atoms. The Morgan fingerprint density at radius 2 is 2.32 bits per heavy atom. The Labute approximate surface area is 112 Å². The molecular formula is C15H21N3O. The van der Waals surface area contributed by atoms with Crippen molar-refractivity contribution in [1.29, 1.82) is 0 Å². The Morgan fingerprint density at radius 1 is 1.47 bits per heavy atom. The lowest BCUT2D eigenvalue weighted by atomic mass is 9.82. The van der Waals surface area contributed by atoms with Gasteiger partial charge in [-0.15, -0.1) is 0 Å². The first-order valence-electron chi connectivity index (χ1n) is 6.97. The van der Waals surface area contributed by atoms with E-state index < -0.39 is 0 Å². The van der Waals surface area contributed by atoms with Gasteiger partial charge in [0.05, 0.1) is 0 Å². The number of aromatic nitrogens is 2. The zero-order valence-corrected chi connectivity index (χ0v) is 11.6. The Kier molecular flexibility index (Phi) is 2.97. The zero-order chi connectivity index (χ0) is 13.5. The van der Waals surface area contributed by atoms with Crippen LogP contribution in [0.5, 0.6) is 0 Å². The fraction of sp³-hybridized carbons (Fsp3) is 0.533. The molecule has 1 aliphatic rings. The number of hydrogen-bond acceptors (Lipinski definition) is 2. The molecule has 0 bridgehead atoms. The van der Waals surface area contributed by atoms with Gasteiger partial charge in [0.2, 0.25) is 0 Å². The summed E-state index contributed by atoms with van der Waals surface area (Å²) in [7, 11) is 0. The molecule has 4 heteroatoms. The fourth-order valence-corrected chi connectivity index (χ4v) is 3.17. The highest BCUT2D eigenvalue weighted by Crippen LogP contribution is 2.28. The van der Waals surface area contributed by atoms with Crippen LogP contribution in [0.2, 0.25) is 0 Å². The van der Waals surface area contributed by atoms with E-state index in [0.29, 0.717) is 0 Å². The highest BCUT2D eigenvalue weighted by Gasteiger charge is 2.27. The number of nitrogens with one attached hydrogen (secondary N) is 2. The smallest absolute Gasteiger partial charge is 0.272 e. The highest BCUT2D eigenvalue weighted by atomic mass is 16.1. The third-order valence-electron chi connectivity index (χ3n) is 4.13. The molecule has 1 saturated heterocycles. The van der Waals surface area contributed by atoms with Crippen LogP contribution in [0.1, 0.15) is 25.5 Å². The minimum Gasteiger partial charge on any atom is -0.342 e. The Morgan fingerprint density at radius 3 is 3.05 bits per heavy atom. The van der Waals surface area contributed by atoms with Gasteiger partial charge in [-0.2, -0.15) is 0 Å². The quantitative estimate of drug-likeness (QED) is 0.867. The first-order chi connectivity index (χ1) is 9.07. The van der Waals surface area contributed by atoms with Crippen LogP contribution in [0.15, 0.2) is 23.1 Å². The van der Waals surface area contributed by atoms with Crippen molar-refractivity contribution >= 4 is 10.9 Å². The molecule has 0 aliphatic carbocycles. The minimum absolute atomic E-state index is 0.0207. The summed E-state index contributed by atoms with van der Waals surface area (Å²) >= 11 is 0. The maximum absolute atomic E-state index is 12.1. The predicted octanol–water partition coefficient (Wildman–Crippen LogP) is 2.03. The van der Waals surface area contributed by atoms with Crippen LogP contribution in [0.3, 0.4) is 0 Å². The molecule has 0 aromatic carbocycles. The van der Waals surface area contributed by atoms with Crippen LogP contribution in [0.25, 0.3) is 10.9 Å². The summed E-state index contributed by atoms with van der Waals surface area (Å²) in [6.45, 7) is 7.26. The van der Waals surface area contributed by atoms with Gasteiger partial charge < -0.3 is 14.9 Å². The van der Waals surface area contributed by atoms with E-state index in [0.717, 1.165) is 36.2 Å². The van der Waals surface area contributed by atoms with Crippen LogP contribution in [0, 0.1) is 12.3 Å². The molecule has 0 amide bonds. The van der Waals surface area contributed by atoms with E-state index in [2.05, 4.69) is 21.8 Å². The summed E-state index contributed by atoms with van der Waals surface area (Å²) < 4.78 is 2.11. The lowest BCUT2D eigenvalue weighted by Crippen LogP contribution is -2.40. The molecule has 102 valence electrons. The normalized spacial score (nSPS) is 23.9. The Balaban J connectivity index is 1.99. The van der Waals surface area contributed by atoms with E-state index in [4.69, 9.17) is 0 Å². The van der Waals surface area contributed by atoms with Gasteiger partial charge in [-0.05, 0) is 43.9 Å². The molecule has 1 atom stereocenters. The molecule has 0 saturated carbocycles. The van der Waals surface area contributed by atoms with Crippen molar-refractivity contribution in [3.05, 3.63) is 34.4 Å². The molecule has 1 aliphatic heterocycles. The summed E-state index contributed by atoms with van der Waals surface area (Å²) in [6, 6.07) is 4.08. The molecular weight excluding hydrogens is 238 g/mol. The second-order valence-corrected chi connectivity index (χ2v) is 6.12. The average molecular weight is 259 g/mol. The van der Waals surface area contributed by atoms with E-state index in [9.17, 15) is 4.79 Å². The monoisotopic (exact) mass is 259 g/mol. The van der Waals surface area contributed by atoms with Crippen molar-refractivity contribution < 1.29 is 0 Å². The van der Waals surface area contributed by atoms with Gasteiger partial charge in [-0.25, -0.2) is 0 Å². The van der Waals surface area contributed by atoms with E-state index in [1.807, 2.05) is 25.3 Å². The molecule has 19 heavy (non-hydrogen) atoms. The molecule has 3 heterocycles. The number of pyridine rings is 1. The second kappa shape index (κ2) is 4.53. The number of H-pyrrole nitrogens is 1. The predicted molar refractivity (Wildman–Crippen MR) is 77.5 cm³/mol. The van der Waals surface area contributed by atoms with Gasteiger partial charge in [-0.3, -0.25) is 4.79 Å². The number of hydrogen-bond donors (Lipinski definition) is 2. The molecule has 2 aromatic heterocycles. The van der Waals surface area contributed by atoms with Gasteiger partial charge in [0, 0.05) is 30.4 Å². The maximum atomic E-state index is 12.1. The van der Waals surface area contributed by atoms with Crippen molar-refractivity contribution in [1.82, 2.24) is 14.9 Å². The molecule has 2 aromatic rings. The van der Waals surface area contributed by atoms with Crippen molar-refractivity contribution in [2.45, 2.75) is 33.2 Å². The summed E-state index contributed by atoms with van der Waals surface area (Å²) in [5.74, 6) is 0. The summed E-state index contributed by atoms with van der Waals surface area (Å²) in [6.07, 6.45) is 4.47. The standard InChI is InChI=1S/C15H21N3O/c1-11-8-12-4-7-18(13(12)14(19)17-11)10-15(2)5-3-6-16-9-15/h4,7-8,16H,3,5-6,9-10H2,1-2H3,(H,17,19). The van der Waals surface area contributed by atoms with Crippen molar-refractivity contribution in [3.63, 3.8) is 0 Å². The van der Waals surface area contributed by atoms with Crippen LogP contribution < -0.4 is 10.9 Å². The third-order valence-corrected chi connectivity index (χ3v) is 4.13. The van der Waals surface area contributed by atoms with Gasteiger partial charge in [0.15, 0.2) is 0 Å². The van der Waals surface area contributed by atoms with Crippen LogP contribution >= 0.6 is 0 Å². The highest BCUT2D eigenvalue weighted by molar-refractivity contribution is 5.79. The lowest BCUT2D eigenvalue weighted by molar-refractivity contribution is 0.204. The van der Waals surface area contributed by atoms with Crippen LogP contribution in [0.4, 0.5) is 0 Å². The zero-order valence-electron chi connectivity index (χ0n) is 11.6. The second-order valence-electron chi connectivity index (χ2n) is 6.12. The third kappa shape index (κ3) is 2.32. The molecule has 2 N–H and O–H groups in total. The van der Waals surface area contributed by atoms with E-state index >= 15 is 0 Å². The fourth-order valence-electron chi connectivity index (χ4n) is 3.17.